The van der Waals surface area contributed by atoms with Crippen molar-refractivity contribution in [3.8, 4) is 0 Å². The molecule has 0 atom stereocenters. The van der Waals surface area contributed by atoms with Gasteiger partial charge in [-0.3, -0.25) is 9.59 Å². The molecule has 1 aromatic heterocycles. The van der Waals surface area contributed by atoms with Gasteiger partial charge in [-0.25, -0.2) is 9.97 Å². The molecule has 2 heterocycles. The number of carbonyl (C=O) groups excluding carboxylic acids is 2. The van der Waals surface area contributed by atoms with Crippen LogP contribution in [0.5, 0.6) is 0 Å². The zero-order valence-corrected chi connectivity index (χ0v) is 12.0. The Morgan fingerprint density at radius 2 is 2.00 bits per heavy atom. The van der Waals surface area contributed by atoms with E-state index in [-0.39, 0.29) is 11.8 Å². The molecular formula is C15H20N4O2. The Balaban J connectivity index is 1.74. The topological polar surface area (TPSA) is 75.2 Å². The average molecular weight is 288 g/mol. The number of nitrogens with zero attached hydrogens (tertiary/aromatic N) is 3. The van der Waals surface area contributed by atoms with Gasteiger partial charge in [-0.05, 0) is 25.0 Å². The van der Waals surface area contributed by atoms with E-state index in [0.29, 0.717) is 18.9 Å². The van der Waals surface area contributed by atoms with Crippen molar-refractivity contribution in [2.45, 2.75) is 25.2 Å². The molecule has 6 nitrogen and oxygen atoms in total. The third kappa shape index (κ3) is 4.37. The number of carbonyl (C=O) groups is 2. The van der Waals surface area contributed by atoms with Crippen molar-refractivity contribution in [3.63, 3.8) is 0 Å². The molecule has 21 heavy (non-hydrogen) atoms. The van der Waals surface area contributed by atoms with E-state index in [2.05, 4.69) is 21.9 Å². The van der Waals surface area contributed by atoms with E-state index in [0.717, 1.165) is 31.8 Å². The lowest BCUT2D eigenvalue weighted by atomic mass is 9.96. The largest absolute Gasteiger partial charge is 0.352 e. The Labute approximate surface area is 124 Å². The molecule has 6 heteroatoms. The van der Waals surface area contributed by atoms with Gasteiger partial charge in [0.25, 0.3) is 0 Å². The molecule has 1 aromatic rings. The zero-order chi connectivity index (χ0) is 15.1. The lowest BCUT2D eigenvalue weighted by molar-refractivity contribution is -0.132. The molecule has 0 aromatic carbocycles. The fraction of sp³-hybridized carbons (Fsp3) is 0.467. The van der Waals surface area contributed by atoms with Gasteiger partial charge in [0.15, 0.2) is 0 Å². The summed E-state index contributed by atoms with van der Waals surface area (Å²) in [7, 11) is 0. The molecule has 1 N–H and O–H groups in total. The lowest BCUT2D eigenvalue weighted by Gasteiger charge is -2.31. The summed E-state index contributed by atoms with van der Waals surface area (Å²) in [4.78, 5) is 33.4. The van der Waals surface area contributed by atoms with E-state index in [9.17, 15) is 9.59 Å². The smallest absolute Gasteiger partial charge is 0.243 e. The van der Waals surface area contributed by atoms with Crippen LogP contribution in [-0.2, 0) is 9.59 Å². The Morgan fingerprint density at radius 1 is 1.33 bits per heavy atom. The normalized spacial score (nSPS) is 15.5. The standard InChI is InChI=1S/C15H20N4O2/c1-2-13(20)16-9-4-14(21)19-10-5-12(6-11-19)15-17-7-3-8-18-15/h2-3,7-8,12H,1,4-6,9-11H2,(H,16,20). The van der Waals surface area contributed by atoms with Crippen LogP contribution in [0.2, 0.25) is 0 Å². The van der Waals surface area contributed by atoms with Crippen molar-refractivity contribution in [2.24, 2.45) is 0 Å². The zero-order valence-electron chi connectivity index (χ0n) is 12.0. The predicted molar refractivity (Wildman–Crippen MR) is 78.4 cm³/mol. The van der Waals surface area contributed by atoms with Crippen molar-refractivity contribution in [1.82, 2.24) is 20.2 Å². The number of hydrogen-bond acceptors (Lipinski definition) is 4. The highest BCUT2D eigenvalue weighted by atomic mass is 16.2. The van der Waals surface area contributed by atoms with Crippen LogP contribution in [-0.4, -0.2) is 46.3 Å². The van der Waals surface area contributed by atoms with Crippen LogP contribution in [0.25, 0.3) is 0 Å². The van der Waals surface area contributed by atoms with E-state index < -0.39 is 0 Å². The molecule has 0 aliphatic carbocycles. The molecular weight excluding hydrogens is 268 g/mol. The molecule has 1 aliphatic heterocycles. The first-order chi connectivity index (χ1) is 10.2. The maximum absolute atomic E-state index is 12.0. The highest BCUT2D eigenvalue weighted by Crippen LogP contribution is 2.25. The molecule has 0 spiro atoms. The van der Waals surface area contributed by atoms with Gasteiger partial charge < -0.3 is 10.2 Å². The van der Waals surface area contributed by atoms with E-state index in [1.54, 1.807) is 18.5 Å². The van der Waals surface area contributed by atoms with Gasteiger partial charge in [-0.1, -0.05) is 6.58 Å². The molecule has 2 amide bonds. The minimum absolute atomic E-state index is 0.0757. The fourth-order valence-electron chi connectivity index (χ4n) is 2.43. The van der Waals surface area contributed by atoms with Crippen LogP contribution in [0.15, 0.2) is 31.1 Å². The molecule has 0 saturated carbocycles. The molecule has 0 radical (unpaired) electrons. The summed E-state index contributed by atoms with van der Waals surface area (Å²) in [6, 6.07) is 1.81. The van der Waals surface area contributed by atoms with Crippen molar-refractivity contribution in [2.75, 3.05) is 19.6 Å². The van der Waals surface area contributed by atoms with E-state index in [1.807, 2.05) is 4.90 Å². The van der Waals surface area contributed by atoms with Gasteiger partial charge in [-0.2, -0.15) is 0 Å². The van der Waals surface area contributed by atoms with Crippen LogP contribution < -0.4 is 5.32 Å². The van der Waals surface area contributed by atoms with Crippen molar-refractivity contribution >= 4 is 11.8 Å². The number of aromatic nitrogens is 2. The predicted octanol–water partition coefficient (Wildman–Crippen LogP) is 0.875. The SMILES string of the molecule is C=CC(=O)NCCC(=O)N1CCC(c2ncccn2)CC1. The van der Waals surface area contributed by atoms with Gasteiger partial charge >= 0.3 is 0 Å². The summed E-state index contributed by atoms with van der Waals surface area (Å²) in [6.45, 7) is 5.16. The van der Waals surface area contributed by atoms with E-state index in [1.165, 1.54) is 6.08 Å². The van der Waals surface area contributed by atoms with Gasteiger partial charge in [0.1, 0.15) is 5.82 Å². The van der Waals surface area contributed by atoms with Crippen LogP contribution in [0, 0.1) is 0 Å². The van der Waals surface area contributed by atoms with Crippen LogP contribution in [0.1, 0.15) is 31.0 Å². The summed E-state index contributed by atoms with van der Waals surface area (Å²) in [5.74, 6) is 1.02. The number of nitrogens with one attached hydrogen (secondary N) is 1. The minimum atomic E-state index is -0.247. The summed E-state index contributed by atoms with van der Waals surface area (Å²) >= 11 is 0. The fourth-order valence-corrected chi connectivity index (χ4v) is 2.43. The summed E-state index contributed by atoms with van der Waals surface area (Å²) in [5.41, 5.74) is 0. The van der Waals surface area contributed by atoms with Crippen LogP contribution >= 0.6 is 0 Å². The summed E-state index contributed by atoms with van der Waals surface area (Å²) in [5, 5.41) is 2.61. The second-order valence-corrected chi connectivity index (χ2v) is 5.01. The second kappa shape index (κ2) is 7.52. The Bertz CT molecular complexity index is 496. The van der Waals surface area contributed by atoms with E-state index >= 15 is 0 Å². The number of rotatable bonds is 5. The number of likely N-dealkylation sites (tertiary alicyclic amines) is 1. The summed E-state index contributed by atoms with van der Waals surface area (Å²) < 4.78 is 0. The van der Waals surface area contributed by atoms with Gasteiger partial charge in [0.05, 0.1) is 0 Å². The maximum Gasteiger partial charge on any atom is 0.243 e. The van der Waals surface area contributed by atoms with Gasteiger partial charge in [0.2, 0.25) is 11.8 Å². The average Bonchev–Trinajstić information content (AvgIpc) is 2.55. The van der Waals surface area contributed by atoms with Gasteiger partial charge in [0, 0.05) is 44.4 Å². The highest BCUT2D eigenvalue weighted by molar-refractivity contribution is 5.87. The maximum atomic E-state index is 12.0. The van der Waals surface area contributed by atoms with E-state index in [4.69, 9.17) is 0 Å². The molecule has 1 saturated heterocycles. The first kappa shape index (κ1) is 15.2. The minimum Gasteiger partial charge on any atom is -0.352 e. The first-order valence-electron chi connectivity index (χ1n) is 7.15. The van der Waals surface area contributed by atoms with Gasteiger partial charge in [-0.15, -0.1) is 0 Å². The molecule has 112 valence electrons. The van der Waals surface area contributed by atoms with Crippen molar-refractivity contribution in [3.05, 3.63) is 36.9 Å². The highest BCUT2D eigenvalue weighted by Gasteiger charge is 2.24. The quantitative estimate of drug-likeness (QED) is 0.816. The van der Waals surface area contributed by atoms with Crippen LogP contribution in [0.4, 0.5) is 0 Å². The third-order valence-electron chi connectivity index (χ3n) is 3.62. The number of hydrogen-bond donors (Lipinski definition) is 1. The Morgan fingerprint density at radius 3 is 2.62 bits per heavy atom. The summed E-state index contributed by atoms with van der Waals surface area (Å²) in [6.07, 6.45) is 6.80. The van der Waals surface area contributed by atoms with Crippen LogP contribution in [0.3, 0.4) is 0 Å². The number of piperidine rings is 1. The number of amides is 2. The third-order valence-corrected chi connectivity index (χ3v) is 3.62. The molecule has 1 aliphatic rings. The van der Waals surface area contributed by atoms with Crippen molar-refractivity contribution in [1.29, 1.82) is 0 Å². The second-order valence-electron chi connectivity index (χ2n) is 5.01. The first-order valence-corrected chi connectivity index (χ1v) is 7.15. The Hall–Kier alpha value is -2.24. The molecule has 1 fully saturated rings. The molecule has 2 rings (SSSR count). The molecule has 0 unspecified atom stereocenters. The Kier molecular flexibility index (Phi) is 5.43. The van der Waals surface area contributed by atoms with Crippen molar-refractivity contribution < 1.29 is 9.59 Å². The molecule has 0 bridgehead atoms. The monoisotopic (exact) mass is 288 g/mol. The lowest BCUT2D eigenvalue weighted by Crippen LogP contribution is -2.39.